The summed E-state index contributed by atoms with van der Waals surface area (Å²) in [4.78, 5) is 0. The minimum absolute atomic E-state index is 0.232. The molecule has 0 N–H and O–H groups in total. The number of benzene rings is 2. The number of rotatable bonds is 5. The van der Waals surface area contributed by atoms with Crippen LogP contribution in [0.15, 0.2) is 48.5 Å². The quantitative estimate of drug-likeness (QED) is 0.825. The van der Waals surface area contributed by atoms with Crippen LogP contribution in [0.4, 0.5) is 0 Å². The van der Waals surface area contributed by atoms with Gasteiger partial charge in [-0.15, -0.1) is 0 Å². The third-order valence-corrected chi connectivity index (χ3v) is 3.82. The molecule has 1 saturated heterocycles. The molecule has 0 unspecified atom stereocenters. The summed E-state index contributed by atoms with van der Waals surface area (Å²) >= 11 is 0. The van der Waals surface area contributed by atoms with E-state index in [1.807, 2.05) is 24.3 Å². The highest BCUT2D eigenvalue weighted by atomic mass is 16.7. The van der Waals surface area contributed by atoms with Crippen molar-refractivity contribution in [1.82, 2.24) is 0 Å². The molecule has 3 nitrogen and oxygen atoms in total. The standard InChI is InChI=1S/C19H22O3/c1-2-15-4-6-16(7-5-15)14-22-18-10-8-17(9-11-18)19-20-12-3-13-21-19/h4-11,19H,2-3,12-14H2,1H3. The van der Waals surface area contributed by atoms with Gasteiger partial charge in [-0.1, -0.05) is 43.3 Å². The fourth-order valence-electron chi connectivity index (χ4n) is 2.44. The first kappa shape index (κ1) is 15.1. The van der Waals surface area contributed by atoms with E-state index in [1.54, 1.807) is 0 Å². The molecular formula is C19H22O3. The summed E-state index contributed by atoms with van der Waals surface area (Å²) in [5.74, 6) is 0.860. The van der Waals surface area contributed by atoms with Crippen molar-refractivity contribution in [1.29, 1.82) is 0 Å². The zero-order valence-corrected chi connectivity index (χ0v) is 13.0. The molecule has 0 aromatic heterocycles. The maximum atomic E-state index is 5.83. The summed E-state index contributed by atoms with van der Waals surface area (Å²) < 4.78 is 17.0. The Morgan fingerprint density at radius 1 is 0.909 bits per heavy atom. The first-order valence-electron chi connectivity index (χ1n) is 7.89. The number of ether oxygens (including phenoxy) is 3. The van der Waals surface area contributed by atoms with E-state index >= 15 is 0 Å². The van der Waals surface area contributed by atoms with Crippen LogP contribution in [0, 0.1) is 0 Å². The maximum Gasteiger partial charge on any atom is 0.183 e. The van der Waals surface area contributed by atoms with E-state index in [4.69, 9.17) is 14.2 Å². The summed E-state index contributed by atoms with van der Waals surface area (Å²) in [6, 6.07) is 16.5. The Bertz CT molecular complexity index is 569. The molecular weight excluding hydrogens is 276 g/mol. The average Bonchev–Trinajstić information content (AvgIpc) is 2.61. The molecule has 2 aromatic rings. The molecule has 0 aliphatic carbocycles. The molecule has 3 heteroatoms. The van der Waals surface area contributed by atoms with Gasteiger partial charge in [0, 0.05) is 5.56 Å². The van der Waals surface area contributed by atoms with Crippen LogP contribution in [0.3, 0.4) is 0 Å². The molecule has 0 atom stereocenters. The monoisotopic (exact) mass is 298 g/mol. The van der Waals surface area contributed by atoms with Crippen molar-refractivity contribution < 1.29 is 14.2 Å². The Hall–Kier alpha value is -1.84. The zero-order valence-electron chi connectivity index (χ0n) is 13.0. The molecule has 1 fully saturated rings. The van der Waals surface area contributed by atoms with Gasteiger partial charge in [-0.25, -0.2) is 0 Å². The van der Waals surface area contributed by atoms with Crippen molar-refractivity contribution in [2.75, 3.05) is 13.2 Å². The lowest BCUT2D eigenvalue weighted by Crippen LogP contribution is -2.17. The van der Waals surface area contributed by atoms with E-state index < -0.39 is 0 Å². The molecule has 1 aliphatic rings. The molecule has 2 aromatic carbocycles. The van der Waals surface area contributed by atoms with Gasteiger partial charge < -0.3 is 14.2 Å². The van der Waals surface area contributed by atoms with Gasteiger partial charge in [0.15, 0.2) is 6.29 Å². The summed E-state index contributed by atoms with van der Waals surface area (Å²) in [5, 5.41) is 0. The van der Waals surface area contributed by atoms with Gasteiger partial charge in [-0.05, 0) is 36.1 Å². The topological polar surface area (TPSA) is 27.7 Å². The summed E-state index contributed by atoms with van der Waals surface area (Å²) in [5.41, 5.74) is 3.57. The molecule has 22 heavy (non-hydrogen) atoms. The van der Waals surface area contributed by atoms with Gasteiger partial charge in [0.05, 0.1) is 13.2 Å². The number of hydrogen-bond donors (Lipinski definition) is 0. The van der Waals surface area contributed by atoms with Crippen LogP contribution in [0.25, 0.3) is 0 Å². The van der Waals surface area contributed by atoms with Crippen molar-refractivity contribution >= 4 is 0 Å². The van der Waals surface area contributed by atoms with Crippen LogP contribution in [-0.2, 0) is 22.5 Å². The minimum atomic E-state index is -0.232. The molecule has 116 valence electrons. The summed E-state index contributed by atoms with van der Waals surface area (Å²) in [6.45, 7) is 4.26. The van der Waals surface area contributed by atoms with Crippen molar-refractivity contribution in [2.45, 2.75) is 32.7 Å². The second-order valence-corrected chi connectivity index (χ2v) is 5.45. The van der Waals surface area contributed by atoms with E-state index in [0.717, 1.165) is 37.4 Å². The van der Waals surface area contributed by atoms with Gasteiger partial charge in [0.2, 0.25) is 0 Å². The molecule has 0 bridgehead atoms. The Morgan fingerprint density at radius 3 is 2.18 bits per heavy atom. The highest BCUT2D eigenvalue weighted by Crippen LogP contribution is 2.25. The fourth-order valence-corrected chi connectivity index (χ4v) is 2.44. The Balaban J connectivity index is 1.56. The van der Waals surface area contributed by atoms with Crippen molar-refractivity contribution in [3.63, 3.8) is 0 Å². The summed E-state index contributed by atoms with van der Waals surface area (Å²) in [7, 11) is 0. The van der Waals surface area contributed by atoms with Crippen LogP contribution in [0.2, 0.25) is 0 Å². The van der Waals surface area contributed by atoms with Gasteiger partial charge in [-0.2, -0.15) is 0 Å². The van der Waals surface area contributed by atoms with Crippen LogP contribution >= 0.6 is 0 Å². The Morgan fingerprint density at radius 2 is 1.55 bits per heavy atom. The first-order valence-corrected chi connectivity index (χ1v) is 7.89. The summed E-state index contributed by atoms with van der Waals surface area (Å²) in [6.07, 6.45) is 1.80. The highest BCUT2D eigenvalue weighted by Gasteiger charge is 2.16. The molecule has 0 amide bonds. The van der Waals surface area contributed by atoms with E-state index in [0.29, 0.717) is 6.61 Å². The van der Waals surface area contributed by atoms with Gasteiger partial charge in [0.25, 0.3) is 0 Å². The first-order chi connectivity index (χ1) is 10.8. The third-order valence-electron chi connectivity index (χ3n) is 3.82. The average molecular weight is 298 g/mol. The number of aryl methyl sites for hydroxylation is 1. The lowest BCUT2D eigenvalue weighted by molar-refractivity contribution is -0.183. The molecule has 1 aliphatic heterocycles. The lowest BCUT2D eigenvalue weighted by atomic mass is 10.1. The van der Waals surface area contributed by atoms with E-state index in [2.05, 4.69) is 31.2 Å². The highest BCUT2D eigenvalue weighted by molar-refractivity contribution is 5.29. The molecule has 0 saturated carbocycles. The maximum absolute atomic E-state index is 5.83. The van der Waals surface area contributed by atoms with Crippen molar-refractivity contribution in [2.24, 2.45) is 0 Å². The second-order valence-electron chi connectivity index (χ2n) is 5.45. The smallest absolute Gasteiger partial charge is 0.183 e. The van der Waals surface area contributed by atoms with E-state index in [1.165, 1.54) is 11.1 Å². The van der Waals surface area contributed by atoms with Crippen LogP contribution in [0.5, 0.6) is 5.75 Å². The normalized spacial score (nSPS) is 15.7. The van der Waals surface area contributed by atoms with Crippen LogP contribution in [-0.4, -0.2) is 13.2 Å². The van der Waals surface area contributed by atoms with E-state index in [9.17, 15) is 0 Å². The number of hydrogen-bond acceptors (Lipinski definition) is 3. The molecule has 1 heterocycles. The van der Waals surface area contributed by atoms with Gasteiger partial charge in [0.1, 0.15) is 12.4 Å². The predicted molar refractivity (Wildman–Crippen MR) is 85.9 cm³/mol. The van der Waals surface area contributed by atoms with E-state index in [-0.39, 0.29) is 6.29 Å². The largest absolute Gasteiger partial charge is 0.489 e. The van der Waals surface area contributed by atoms with Gasteiger partial charge >= 0.3 is 0 Å². The third kappa shape index (κ3) is 3.87. The minimum Gasteiger partial charge on any atom is -0.489 e. The fraction of sp³-hybridized carbons (Fsp3) is 0.368. The molecule has 0 spiro atoms. The van der Waals surface area contributed by atoms with Crippen molar-refractivity contribution in [3.05, 3.63) is 65.2 Å². The zero-order chi connectivity index (χ0) is 15.2. The predicted octanol–water partition coefficient (Wildman–Crippen LogP) is 4.26. The Kier molecular flexibility index (Phi) is 5.09. The lowest BCUT2D eigenvalue weighted by Gasteiger charge is -2.23. The SMILES string of the molecule is CCc1ccc(COc2ccc(C3OCCCO3)cc2)cc1. The Labute approximate surface area is 131 Å². The second kappa shape index (κ2) is 7.43. The molecule has 3 rings (SSSR count). The molecule has 0 radical (unpaired) electrons. The van der Waals surface area contributed by atoms with Crippen molar-refractivity contribution in [3.8, 4) is 5.75 Å². The van der Waals surface area contributed by atoms with Crippen LogP contribution < -0.4 is 4.74 Å². The van der Waals surface area contributed by atoms with Gasteiger partial charge in [-0.3, -0.25) is 0 Å². The van der Waals surface area contributed by atoms with Crippen LogP contribution in [0.1, 0.15) is 36.3 Å².